The van der Waals surface area contributed by atoms with Crippen LogP contribution in [0.1, 0.15) is 38.4 Å². The van der Waals surface area contributed by atoms with Crippen molar-refractivity contribution in [2.75, 3.05) is 4.90 Å². The van der Waals surface area contributed by atoms with Crippen LogP contribution in [-0.4, -0.2) is 0 Å². The fourth-order valence-electron chi connectivity index (χ4n) is 5.24. The van der Waals surface area contributed by atoms with Gasteiger partial charge in [-0.2, -0.15) is 0 Å². The molecule has 9 aromatic rings. The van der Waals surface area contributed by atoms with Gasteiger partial charge >= 0.3 is 0 Å². The molecule has 0 unspecified atom stereocenters. The number of benzene rings is 8. The molecule has 1 nitrogen and oxygen atoms in total. The Balaban J connectivity index is 1.50. The van der Waals surface area contributed by atoms with Crippen molar-refractivity contribution in [1.29, 1.82) is 0 Å². The summed E-state index contributed by atoms with van der Waals surface area (Å²) in [7, 11) is 0. The van der Waals surface area contributed by atoms with Crippen molar-refractivity contribution in [3.05, 3.63) is 200 Å². The second-order valence-corrected chi connectivity index (χ2v) is 11.4. The number of rotatable bonds is 7. The third kappa shape index (κ3) is 5.56. The Hall–Kier alpha value is -6.22. The molecule has 0 spiro atoms. The van der Waals surface area contributed by atoms with E-state index in [-0.39, 0.29) is 25.7 Å². The molecular weight excluding hydrogens is 623 g/mol. The van der Waals surface area contributed by atoms with E-state index >= 15 is 0 Å². The molecule has 236 valence electrons. The first-order valence-corrected chi connectivity index (χ1v) is 15.5. The molecule has 0 amide bonds. The summed E-state index contributed by atoms with van der Waals surface area (Å²) < 4.78 is 248. The van der Waals surface area contributed by atoms with Gasteiger partial charge in [-0.05, 0) is 81.3 Å². The number of anilines is 3. The van der Waals surface area contributed by atoms with Gasteiger partial charge in [0.15, 0.2) is 0 Å². The lowest BCUT2D eigenvalue weighted by Crippen LogP contribution is -2.10. The zero-order valence-electron chi connectivity index (χ0n) is 53.2. The maximum atomic E-state index is 10.3. The third-order valence-electron chi connectivity index (χ3n) is 7.48. The lowest BCUT2D eigenvalue weighted by Gasteiger charge is -2.27. The van der Waals surface area contributed by atoms with Crippen molar-refractivity contribution in [3.8, 4) is 44.5 Å². The van der Waals surface area contributed by atoms with E-state index in [0.29, 0.717) is 11.3 Å². The van der Waals surface area contributed by atoms with Gasteiger partial charge in [-0.1, -0.05) is 157 Å². The molecule has 9 rings (SSSR count). The number of hydrogen-bond acceptors (Lipinski definition) is 2. The lowest BCUT2D eigenvalue weighted by molar-refractivity contribution is 1.28. The van der Waals surface area contributed by atoms with Gasteiger partial charge in [0, 0.05) is 42.8 Å². The van der Waals surface area contributed by atoms with E-state index in [1.807, 2.05) is 0 Å². The van der Waals surface area contributed by atoms with E-state index in [4.69, 9.17) is 26.0 Å². The van der Waals surface area contributed by atoms with E-state index < -0.39 is 225 Å². The first-order valence-electron chi connectivity index (χ1n) is 28.7. The summed E-state index contributed by atoms with van der Waals surface area (Å²) in [5.74, 6) is 0. The molecule has 50 heavy (non-hydrogen) atoms. The monoisotopic (exact) mass is 683 g/mol. The Morgan fingerprint density at radius 1 is 0.380 bits per heavy atom. The fraction of sp³-hybridized carbons (Fsp3) is 0. The number of hydrogen-bond donors (Lipinski definition) is 0. The molecule has 0 saturated carbocycles. The lowest BCUT2D eigenvalue weighted by atomic mass is 9.92. The Kier molecular flexibility index (Phi) is 3.27. The zero-order chi connectivity index (χ0) is 57.6. The van der Waals surface area contributed by atoms with Crippen LogP contribution in [0, 0.1) is 0 Å². The summed E-state index contributed by atoms with van der Waals surface area (Å²) in [6.45, 7) is 0. The third-order valence-corrected chi connectivity index (χ3v) is 8.60. The summed E-state index contributed by atoms with van der Waals surface area (Å²) in [6.07, 6.45) is 0. The summed E-state index contributed by atoms with van der Waals surface area (Å²) in [5, 5.41) is -0.548. The predicted molar refractivity (Wildman–Crippen MR) is 216 cm³/mol. The Morgan fingerprint density at radius 3 is 1.76 bits per heavy atom. The minimum absolute atomic E-state index is 0.156. The van der Waals surface area contributed by atoms with E-state index in [2.05, 4.69) is 0 Å². The highest BCUT2D eigenvalue weighted by molar-refractivity contribution is 7.26. The van der Waals surface area contributed by atoms with Gasteiger partial charge in [0.05, 0.1) is 38.4 Å². The standard InChI is InChI=1S/C48H33NS/c1-4-13-34(14-5-1)36-23-27-39(28-24-36)49(40-29-25-37(26-30-40)35-15-6-2-7-16-35)41-31-32-42(38-17-8-3-9-18-38)46(33-41)45-21-12-20-44-43-19-10-11-22-47(43)50-48(44)45/h1-33H/i1D,2D,3D,4D,5D,6D,7D,8D,10D,11D,12D,13D,14D,15D,16D,17D,19D,20D,21D,22D,23D,24D,25D,26D,27D,31D,32D,33D. The molecule has 1 aromatic heterocycles. The highest BCUT2D eigenvalue weighted by Crippen LogP contribution is 2.46. The van der Waals surface area contributed by atoms with E-state index in [1.54, 1.807) is 0 Å². The molecule has 0 saturated heterocycles. The second kappa shape index (κ2) is 13.0. The maximum absolute atomic E-state index is 10.3. The van der Waals surface area contributed by atoms with Crippen molar-refractivity contribution < 1.29 is 38.4 Å². The quantitative estimate of drug-likeness (QED) is 0.162. The van der Waals surface area contributed by atoms with Gasteiger partial charge in [0.2, 0.25) is 0 Å². The Labute approximate surface area is 336 Å². The Bertz CT molecular complexity index is 4130. The Morgan fingerprint density at radius 2 is 0.980 bits per heavy atom. The molecule has 0 N–H and O–H groups in total. The highest BCUT2D eigenvalue weighted by Gasteiger charge is 2.19. The average Bonchev–Trinajstić information content (AvgIpc) is 3.87. The second-order valence-electron chi connectivity index (χ2n) is 10.4. The van der Waals surface area contributed by atoms with Gasteiger partial charge < -0.3 is 4.90 Å². The van der Waals surface area contributed by atoms with Gasteiger partial charge in [0.25, 0.3) is 0 Å². The normalized spacial score (nSPS) is 19.0. The van der Waals surface area contributed by atoms with Crippen LogP contribution < -0.4 is 4.90 Å². The zero-order valence-corrected chi connectivity index (χ0v) is 26.1. The molecule has 8 aromatic carbocycles. The average molecular weight is 684 g/mol. The summed E-state index contributed by atoms with van der Waals surface area (Å²) >= 11 is 0.622. The smallest absolute Gasteiger partial charge is 0.0652 e. The van der Waals surface area contributed by atoms with Gasteiger partial charge in [-0.25, -0.2) is 0 Å². The van der Waals surface area contributed by atoms with Crippen LogP contribution >= 0.6 is 11.3 Å². The van der Waals surface area contributed by atoms with Crippen LogP contribution in [0.4, 0.5) is 17.1 Å². The largest absolute Gasteiger partial charge is 0.310 e. The molecular formula is C48H33NS. The number of fused-ring (bicyclic) bond motifs is 3. The molecule has 0 atom stereocenters. The van der Waals surface area contributed by atoms with Gasteiger partial charge in [0.1, 0.15) is 0 Å². The van der Waals surface area contributed by atoms with Gasteiger partial charge in [-0.15, -0.1) is 11.3 Å². The molecule has 0 bridgehead atoms. The topological polar surface area (TPSA) is 3.24 Å². The molecule has 0 aliphatic carbocycles. The van der Waals surface area contributed by atoms with Crippen LogP contribution in [0.3, 0.4) is 0 Å². The predicted octanol–water partition coefficient (Wildman–Crippen LogP) is 14.2. The fourth-order valence-corrected chi connectivity index (χ4v) is 6.31. The molecule has 0 radical (unpaired) electrons. The van der Waals surface area contributed by atoms with E-state index in [0.717, 1.165) is 35.2 Å². The molecule has 1 heterocycles. The molecule has 0 aliphatic rings. The van der Waals surface area contributed by atoms with Crippen LogP contribution in [0.2, 0.25) is 0 Å². The van der Waals surface area contributed by atoms with Crippen molar-refractivity contribution in [2.24, 2.45) is 0 Å². The summed E-state index contributed by atoms with van der Waals surface area (Å²) in [4.78, 5) is 0.779. The van der Waals surface area contributed by atoms with Crippen molar-refractivity contribution >= 4 is 48.6 Å². The first kappa shape index (κ1) is 12.6. The molecule has 0 fully saturated rings. The molecule has 0 aliphatic heterocycles. The minimum atomic E-state index is -0.999. The van der Waals surface area contributed by atoms with Crippen LogP contribution in [-0.2, 0) is 0 Å². The van der Waals surface area contributed by atoms with Gasteiger partial charge in [-0.3, -0.25) is 0 Å². The van der Waals surface area contributed by atoms with Crippen molar-refractivity contribution in [2.45, 2.75) is 0 Å². The highest BCUT2D eigenvalue weighted by atomic mass is 32.1. The first-order chi connectivity index (χ1) is 36.4. The van der Waals surface area contributed by atoms with E-state index in [9.17, 15) is 12.3 Å². The number of nitrogens with zero attached hydrogens (tertiary/aromatic N) is 1. The van der Waals surface area contributed by atoms with Crippen molar-refractivity contribution in [3.63, 3.8) is 0 Å². The minimum Gasteiger partial charge on any atom is -0.310 e. The van der Waals surface area contributed by atoms with Crippen LogP contribution in [0.25, 0.3) is 64.7 Å². The maximum Gasteiger partial charge on any atom is 0.0652 e. The summed E-state index contributed by atoms with van der Waals surface area (Å²) in [5.41, 5.74) is -6.49. The van der Waals surface area contributed by atoms with Crippen LogP contribution in [0.5, 0.6) is 0 Å². The number of thiophene rings is 1. The van der Waals surface area contributed by atoms with E-state index in [1.165, 1.54) is 0 Å². The van der Waals surface area contributed by atoms with Crippen molar-refractivity contribution in [1.82, 2.24) is 0 Å². The van der Waals surface area contributed by atoms with Crippen LogP contribution in [0.15, 0.2) is 200 Å². The molecule has 2 heteroatoms. The SMILES string of the molecule is [2H]c1ccc(-c2c([2H])c([2H])c(N(c3cc([2H])c(-c4c([2H])c([2H])c([2H])c([2H])c4[2H])c([2H])c3)c3cc([2H])c(-c4c([2H])c([2H])c([2H])c([2H])c4[2H])c([2H])c3[2H])c([2H])c2-c2c([2H])c([2H])c([2H])c3c2sc2c([2H])c([2H])c([2H])c([2H])c23)c([2H])c1[2H]. The summed E-state index contributed by atoms with van der Waals surface area (Å²) in [6, 6.07) is -17.3.